The van der Waals surface area contributed by atoms with Crippen LogP contribution < -0.4 is 11.2 Å². The Morgan fingerprint density at radius 1 is 1.20 bits per heavy atom. The van der Waals surface area contributed by atoms with Gasteiger partial charge in [-0.3, -0.25) is 23.9 Å². The number of Topliss-reactive ketones (excluding diaryl/α,β-unsaturated/α-hetero) is 2. The van der Waals surface area contributed by atoms with E-state index in [2.05, 4.69) is 4.98 Å². The average molecular weight is 356 g/mol. The van der Waals surface area contributed by atoms with Crippen molar-refractivity contribution in [3.63, 3.8) is 0 Å². The topological polar surface area (TPSA) is 137 Å². The van der Waals surface area contributed by atoms with Crippen molar-refractivity contribution in [3.05, 3.63) is 33.1 Å². The molecule has 0 radical (unpaired) electrons. The van der Waals surface area contributed by atoms with E-state index in [1.165, 1.54) is 20.0 Å². The normalized spacial score (nSPS) is 25.9. The van der Waals surface area contributed by atoms with Crippen LogP contribution in [0.15, 0.2) is 21.9 Å². The number of H-pyrrole nitrogens is 1. The van der Waals surface area contributed by atoms with Crippen LogP contribution in [0.3, 0.4) is 0 Å². The SMILES string of the molecule is CC(=O)CO[C@@H]1[C@H](OCC(C)=O)[C@@H](CO)O[C@H]1n1ccc(=O)[nH]c1=O. The first-order valence-electron chi connectivity index (χ1n) is 7.63. The molecule has 0 saturated carbocycles. The smallest absolute Gasteiger partial charge is 0.330 e. The lowest BCUT2D eigenvalue weighted by Gasteiger charge is -2.24. The number of carbonyl (C=O) groups excluding carboxylic acids is 2. The molecule has 2 heterocycles. The van der Waals surface area contributed by atoms with Crippen LogP contribution in [0.5, 0.6) is 0 Å². The number of aromatic amines is 1. The Balaban J connectivity index is 2.34. The number of carbonyl (C=O) groups is 2. The third-order valence-electron chi connectivity index (χ3n) is 3.55. The predicted molar refractivity (Wildman–Crippen MR) is 83.2 cm³/mol. The van der Waals surface area contributed by atoms with Gasteiger partial charge in [0.25, 0.3) is 5.56 Å². The highest BCUT2D eigenvalue weighted by molar-refractivity contribution is 5.77. The average Bonchev–Trinajstić information content (AvgIpc) is 2.88. The van der Waals surface area contributed by atoms with Gasteiger partial charge in [-0.05, 0) is 13.8 Å². The third kappa shape index (κ3) is 4.69. The summed E-state index contributed by atoms with van der Waals surface area (Å²) < 4.78 is 17.7. The summed E-state index contributed by atoms with van der Waals surface area (Å²) in [5, 5.41) is 9.52. The molecule has 0 unspecified atom stereocenters. The molecule has 0 amide bonds. The van der Waals surface area contributed by atoms with Crippen LogP contribution in [0.1, 0.15) is 20.1 Å². The second-order valence-corrected chi connectivity index (χ2v) is 5.72. The number of hydrogen-bond donors (Lipinski definition) is 2. The van der Waals surface area contributed by atoms with Crippen LogP contribution in [-0.2, 0) is 23.8 Å². The van der Waals surface area contributed by atoms with Crippen LogP contribution in [0, 0.1) is 0 Å². The molecule has 2 rings (SSSR count). The van der Waals surface area contributed by atoms with Gasteiger partial charge in [-0.2, -0.15) is 0 Å². The Morgan fingerprint density at radius 2 is 1.80 bits per heavy atom. The second-order valence-electron chi connectivity index (χ2n) is 5.72. The highest BCUT2D eigenvalue weighted by Gasteiger charge is 2.47. The fraction of sp³-hybridized carbons (Fsp3) is 0.600. The van der Waals surface area contributed by atoms with E-state index in [0.29, 0.717) is 0 Å². The summed E-state index contributed by atoms with van der Waals surface area (Å²) in [5.74, 6) is -0.503. The van der Waals surface area contributed by atoms with Crippen molar-refractivity contribution in [1.29, 1.82) is 0 Å². The minimum Gasteiger partial charge on any atom is -0.394 e. The van der Waals surface area contributed by atoms with E-state index in [9.17, 15) is 24.3 Å². The summed E-state index contributed by atoms with van der Waals surface area (Å²) in [6, 6.07) is 1.13. The van der Waals surface area contributed by atoms with E-state index < -0.39 is 42.4 Å². The van der Waals surface area contributed by atoms with Crippen molar-refractivity contribution >= 4 is 11.6 Å². The first-order valence-corrected chi connectivity index (χ1v) is 7.63. The number of nitrogens with zero attached hydrogens (tertiary/aromatic N) is 1. The zero-order chi connectivity index (χ0) is 18.6. The molecule has 1 saturated heterocycles. The zero-order valence-electron chi connectivity index (χ0n) is 13.8. The van der Waals surface area contributed by atoms with Crippen LogP contribution in [0.4, 0.5) is 0 Å². The van der Waals surface area contributed by atoms with E-state index in [0.717, 1.165) is 10.6 Å². The molecule has 2 N–H and O–H groups in total. The lowest BCUT2D eigenvalue weighted by Crippen LogP contribution is -2.41. The Kier molecular flexibility index (Phi) is 6.37. The maximum Gasteiger partial charge on any atom is 0.330 e. The van der Waals surface area contributed by atoms with Crippen LogP contribution in [0.25, 0.3) is 0 Å². The molecular formula is C15H20N2O8. The molecule has 1 aromatic rings. The fourth-order valence-corrected chi connectivity index (χ4v) is 2.51. The molecule has 4 atom stereocenters. The maximum atomic E-state index is 12.0. The van der Waals surface area contributed by atoms with Crippen molar-refractivity contribution in [2.24, 2.45) is 0 Å². The molecule has 0 aliphatic carbocycles. The first-order chi connectivity index (χ1) is 11.8. The Morgan fingerprint density at radius 3 is 2.32 bits per heavy atom. The van der Waals surface area contributed by atoms with Gasteiger partial charge in [-0.1, -0.05) is 0 Å². The zero-order valence-corrected chi connectivity index (χ0v) is 13.8. The number of aliphatic hydroxyl groups excluding tert-OH is 1. The molecule has 1 fully saturated rings. The van der Waals surface area contributed by atoms with Gasteiger partial charge in [0, 0.05) is 12.3 Å². The van der Waals surface area contributed by atoms with E-state index in [-0.39, 0.29) is 24.8 Å². The summed E-state index contributed by atoms with van der Waals surface area (Å²) in [6.07, 6.45) is -2.52. The van der Waals surface area contributed by atoms with Gasteiger partial charge in [0.2, 0.25) is 0 Å². The number of aliphatic hydroxyl groups is 1. The van der Waals surface area contributed by atoms with Crippen molar-refractivity contribution in [1.82, 2.24) is 9.55 Å². The van der Waals surface area contributed by atoms with Gasteiger partial charge in [-0.25, -0.2) is 4.79 Å². The molecule has 1 aliphatic heterocycles. The Hall–Kier alpha value is -2.14. The number of ketones is 2. The molecule has 0 bridgehead atoms. The number of hydrogen-bond acceptors (Lipinski definition) is 8. The minimum absolute atomic E-state index is 0.238. The van der Waals surface area contributed by atoms with Crippen molar-refractivity contribution < 1.29 is 28.9 Å². The second kappa shape index (κ2) is 8.30. The number of rotatable bonds is 8. The molecule has 1 aliphatic rings. The molecule has 0 spiro atoms. The van der Waals surface area contributed by atoms with Gasteiger partial charge in [0.1, 0.15) is 31.5 Å². The molecule has 25 heavy (non-hydrogen) atoms. The summed E-state index contributed by atoms with van der Waals surface area (Å²) in [5.41, 5.74) is -1.32. The van der Waals surface area contributed by atoms with Crippen molar-refractivity contribution in [2.75, 3.05) is 19.8 Å². The summed E-state index contributed by atoms with van der Waals surface area (Å²) in [7, 11) is 0. The molecular weight excluding hydrogens is 336 g/mol. The van der Waals surface area contributed by atoms with Crippen molar-refractivity contribution in [3.8, 4) is 0 Å². The lowest BCUT2D eigenvalue weighted by atomic mass is 10.1. The summed E-state index contributed by atoms with van der Waals surface area (Å²) in [6.45, 7) is 1.71. The standard InChI is InChI=1S/C15H20N2O8/c1-8(19)6-23-12-10(5-18)25-14(13(12)24-7-9(2)20)17-4-3-11(21)16-15(17)22/h3-4,10,12-14,18H,5-7H2,1-2H3,(H,16,21,22)/t10-,12-,13-,14-/m1/s1. The largest absolute Gasteiger partial charge is 0.394 e. The molecule has 1 aromatic heterocycles. The van der Waals surface area contributed by atoms with Gasteiger partial charge in [0.15, 0.2) is 17.8 Å². The number of nitrogens with one attached hydrogen (secondary N) is 1. The van der Waals surface area contributed by atoms with Crippen LogP contribution in [-0.4, -0.2) is 64.4 Å². The quantitative estimate of drug-likeness (QED) is 0.567. The van der Waals surface area contributed by atoms with Gasteiger partial charge >= 0.3 is 5.69 Å². The third-order valence-corrected chi connectivity index (χ3v) is 3.55. The molecule has 0 aromatic carbocycles. The summed E-state index contributed by atoms with van der Waals surface area (Å²) in [4.78, 5) is 47.8. The van der Waals surface area contributed by atoms with Gasteiger partial charge in [-0.15, -0.1) is 0 Å². The Bertz CT molecular complexity index is 740. The Labute approximate surface area is 142 Å². The molecule has 10 heteroatoms. The maximum absolute atomic E-state index is 12.0. The lowest BCUT2D eigenvalue weighted by molar-refractivity contribution is -0.135. The first kappa shape index (κ1) is 19.2. The van der Waals surface area contributed by atoms with Crippen LogP contribution >= 0.6 is 0 Å². The minimum atomic E-state index is -1.04. The van der Waals surface area contributed by atoms with E-state index in [1.54, 1.807) is 0 Å². The molecule has 10 nitrogen and oxygen atoms in total. The van der Waals surface area contributed by atoms with E-state index in [1.807, 2.05) is 0 Å². The summed E-state index contributed by atoms with van der Waals surface area (Å²) >= 11 is 0. The number of aromatic nitrogens is 2. The fourth-order valence-electron chi connectivity index (χ4n) is 2.51. The van der Waals surface area contributed by atoms with Gasteiger partial charge < -0.3 is 19.3 Å². The van der Waals surface area contributed by atoms with E-state index in [4.69, 9.17) is 14.2 Å². The van der Waals surface area contributed by atoms with Crippen LogP contribution in [0.2, 0.25) is 0 Å². The highest BCUT2D eigenvalue weighted by Crippen LogP contribution is 2.32. The van der Waals surface area contributed by atoms with Gasteiger partial charge in [0.05, 0.1) is 6.61 Å². The monoisotopic (exact) mass is 356 g/mol. The predicted octanol–water partition coefficient (Wildman–Crippen LogP) is -1.63. The van der Waals surface area contributed by atoms with Crippen molar-refractivity contribution in [2.45, 2.75) is 38.4 Å². The number of ether oxygens (including phenoxy) is 3. The molecule has 138 valence electrons. The highest BCUT2D eigenvalue weighted by atomic mass is 16.6. The van der Waals surface area contributed by atoms with E-state index >= 15 is 0 Å².